The van der Waals surface area contributed by atoms with Gasteiger partial charge in [0.15, 0.2) is 0 Å². The number of para-hydroxylation sites is 1. The number of hydrogen-bond donors (Lipinski definition) is 1. The molecule has 1 aliphatic rings. The number of anilines is 2. The molecule has 0 aromatic heterocycles. The van der Waals surface area contributed by atoms with Gasteiger partial charge in [-0.05, 0) is 45.5 Å². The molecule has 1 aromatic carbocycles. The smallest absolute Gasteiger partial charge is 0.340 e. The van der Waals surface area contributed by atoms with Crippen LogP contribution in [-0.2, 0) is 4.74 Å². The fourth-order valence-electron chi connectivity index (χ4n) is 3.03. The molecule has 2 rings (SSSR count). The third-order valence-corrected chi connectivity index (χ3v) is 4.66. The van der Waals surface area contributed by atoms with Crippen molar-refractivity contribution in [3.63, 3.8) is 0 Å². The Bertz CT molecular complexity index is 524. The first-order valence-electron chi connectivity index (χ1n) is 7.26. The maximum absolute atomic E-state index is 11.7. The molecule has 0 amide bonds. The van der Waals surface area contributed by atoms with Gasteiger partial charge in [-0.15, -0.1) is 0 Å². The highest BCUT2D eigenvalue weighted by atomic mass is 16.5. The predicted octanol–water partition coefficient (Wildman–Crippen LogP) is 1.98. The summed E-state index contributed by atoms with van der Waals surface area (Å²) in [5, 5.41) is 0. The number of nitrogen functional groups attached to an aromatic ring is 1. The highest BCUT2D eigenvalue weighted by Gasteiger charge is 2.40. The second kappa shape index (κ2) is 5.93. The highest BCUT2D eigenvalue weighted by Crippen LogP contribution is 2.38. The van der Waals surface area contributed by atoms with E-state index < -0.39 is 5.97 Å². The number of hydrogen-bond acceptors (Lipinski definition) is 5. The number of likely N-dealkylation sites (N-methyl/N-ethyl adjacent to an activating group) is 2. The number of nitrogens with zero attached hydrogens (tertiary/aromatic N) is 2. The number of esters is 1. The molecule has 0 spiro atoms. The van der Waals surface area contributed by atoms with Crippen molar-refractivity contribution < 1.29 is 9.53 Å². The van der Waals surface area contributed by atoms with E-state index in [1.54, 1.807) is 6.07 Å². The Morgan fingerprint density at radius 3 is 2.48 bits per heavy atom. The number of rotatable bonds is 5. The lowest BCUT2D eigenvalue weighted by molar-refractivity contribution is 0.0602. The van der Waals surface area contributed by atoms with E-state index in [0.29, 0.717) is 11.3 Å². The van der Waals surface area contributed by atoms with Gasteiger partial charge in [-0.1, -0.05) is 6.07 Å². The van der Waals surface area contributed by atoms with Crippen LogP contribution < -0.4 is 10.6 Å². The van der Waals surface area contributed by atoms with Crippen molar-refractivity contribution in [3.05, 3.63) is 23.8 Å². The largest absolute Gasteiger partial charge is 0.465 e. The Hall–Kier alpha value is -1.75. The molecule has 1 saturated carbocycles. The van der Waals surface area contributed by atoms with E-state index >= 15 is 0 Å². The molecule has 0 radical (unpaired) electrons. The monoisotopic (exact) mass is 291 g/mol. The predicted molar refractivity (Wildman–Crippen MR) is 85.7 cm³/mol. The number of carbonyl (C=O) groups is 1. The van der Waals surface area contributed by atoms with Crippen molar-refractivity contribution in [2.45, 2.75) is 24.8 Å². The van der Waals surface area contributed by atoms with Crippen LogP contribution >= 0.6 is 0 Å². The lowest BCUT2D eigenvalue weighted by atomic mass is 9.75. The molecule has 5 nitrogen and oxygen atoms in total. The van der Waals surface area contributed by atoms with Gasteiger partial charge >= 0.3 is 5.97 Å². The fraction of sp³-hybridized carbons (Fsp3) is 0.562. The van der Waals surface area contributed by atoms with Crippen LogP contribution in [0.25, 0.3) is 0 Å². The minimum Gasteiger partial charge on any atom is -0.465 e. The van der Waals surface area contributed by atoms with Crippen molar-refractivity contribution in [2.24, 2.45) is 0 Å². The van der Waals surface area contributed by atoms with Gasteiger partial charge in [0.2, 0.25) is 0 Å². The van der Waals surface area contributed by atoms with Crippen LogP contribution in [0.15, 0.2) is 18.2 Å². The maximum atomic E-state index is 11.7. The Kier molecular flexibility index (Phi) is 4.42. The van der Waals surface area contributed by atoms with Crippen molar-refractivity contribution >= 4 is 17.3 Å². The van der Waals surface area contributed by atoms with Crippen LogP contribution in [0.5, 0.6) is 0 Å². The van der Waals surface area contributed by atoms with Gasteiger partial charge in [0.05, 0.1) is 24.0 Å². The van der Waals surface area contributed by atoms with Gasteiger partial charge in [-0.2, -0.15) is 0 Å². The summed E-state index contributed by atoms with van der Waals surface area (Å²) in [6.07, 6.45) is 3.66. The number of methoxy groups -OCH3 is 1. The molecule has 0 heterocycles. The zero-order valence-electron chi connectivity index (χ0n) is 13.3. The average Bonchev–Trinajstić information content (AvgIpc) is 2.41. The molecule has 1 aromatic rings. The SMILES string of the molecule is COC(=O)c1cccc(N(C)CC2(N(C)C)CCC2)c1N. The lowest BCUT2D eigenvalue weighted by Gasteiger charge is -2.49. The molecule has 1 fully saturated rings. The molecule has 0 aliphatic heterocycles. The molecule has 0 saturated heterocycles. The van der Waals surface area contributed by atoms with Crippen molar-refractivity contribution in [1.29, 1.82) is 0 Å². The second-order valence-corrected chi connectivity index (χ2v) is 6.06. The summed E-state index contributed by atoms with van der Waals surface area (Å²) in [5.41, 5.74) is 8.16. The van der Waals surface area contributed by atoms with Crippen molar-refractivity contribution in [1.82, 2.24) is 4.90 Å². The van der Waals surface area contributed by atoms with E-state index in [-0.39, 0.29) is 5.54 Å². The van der Waals surface area contributed by atoms with Gasteiger partial charge < -0.3 is 20.3 Å². The van der Waals surface area contributed by atoms with Crippen molar-refractivity contribution in [3.8, 4) is 0 Å². The van der Waals surface area contributed by atoms with E-state index in [9.17, 15) is 4.79 Å². The number of ether oxygens (including phenoxy) is 1. The van der Waals surface area contributed by atoms with Crippen LogP contribution in [0.3, 0.4) is 0 Å². The van der Waals surface area contributed by atoms with E-state index in [1.165, 1.54) is 26.4 Å². The van der Waals surface area contributed by atoms with E-state index in [0.717, 1.165) is 12.2 Å². The first-order chi connectivity index (χ1) is 9.91. The Morgan fingerprint density at radius 1 is 1.33 bits per heavy atom. The zero-order valence-corrected chi connectivity index (χ0v) is 13.3. The summed E-state index contributed by atoms with van der Waals surface area (Å²) in [4.78, 5) is 16.2. The lowest BCUT2D eigenvalue weighted by Crippen LogP contribution is -2.56. The molecular weight excluding hydrogens is 266 g/mol. The quantitative estimate of drug-likeness (QED) is 0.664. The third-order valence-electron chi connectivity index (χ3n) is 4.66. The van der Waals surface area contributed by atoms with E-state index in [4.69, 9.17) is 10.5 Å². The van der Waals surface area contributed by atoms with Crippen LogP contribution in [0.2, 0.25) is 0 Å². The van der Waals surface area contributed by atoms with Crippen LogP contribution in [0, 0.1) is 0 Å². The Morgan fingerprint density at radius 2 is 2.00 bits per heavy atom. The van der Waals surface area contributed by atoms with Gasteiger partial charge in [-0.25, -0.2) is 4.79 Å². The van der Waals surface area contributed by atoms with Gasteiger partial charge in [-0.3, -0.25) is 0 Å². The average molecular weight is 291 g/mol. The van der Waals surface area contributed by atoms with Crippen LogP contribution in [0.1, 0.15) is 29.6 Å². The molecule has 116 valence electrons. The summed E-state index contributed by atoms with van der Waals surface area (Å²) in [5.74, 6) is -0.395. The van der Waals surface area contributed by atoms with Gasteiger partial charge in [0.25, 0.3) is 0 Å². The summed E-state index contributed by atoms with van der Waals surface area (Å²) in [7, 11) is 7.65. The first-order valence-corrected chi connectivity index (χ1v) is 7.26. The summed E-state index contributed by atoms with van der Waals surface area (Å²) in [6.45, 7) is 0.898. The van der Waals surface area contributed by atoms with Crippen LogP contribution in [0.4, 0.5) is 11.4 Å². The molecule has 0 atom stereocenters. The second-order valence-electron chi connectivity index (χ2n) is 6.06. The van der Waals surface area contributed by atoms with Crippen LogP contribution in [-0.4, -0.2) is 51.2 Å². The first kappa shape index (κ1) is 15.6. The normalized spacial score (nSPS) is 16.4. The third kappa shape index (κ3) is 2.83. The molecular formula is C16H25N3O2. The maximum Gasteiger partial charge on any atom is 0.340 e. The molecule has 0 bridgehead atoms. The van der Waals surface area contributed by atoms with Gasteiger partial charge in [0, 0.05) is 19.1 Å². The summed E-state index contributed by atoms with van der Waals surface area (Å²) < 4.78 is 4.78. The van der Waals surface area contributed by atoms with E-state index in [1.807, 2.05) is 19.2 Å². The number of nitrogens with two attached hydrogens (primary N) is 1. The molecule has 1 aliphatic carbocycles. The number of benzene rings is 1. The van der Waals surface area contributed by atoms with E-state index in [2.05, 4.69) is 23.9 Å². The topological polar surface area (TPSA) is 58.8 Å². The van der Waals surface area contributed by atoms with Crippen molar-refractivity contribution in [2.75, 3.05) is 45.4 Å². The highest BCUT2D eigenvalue weighted by molar-refractivity contribution is 5.98. The zero-order chi connectivity index (χ0) is 15.6. The molecule has 21 heavy (non-hydrogen) atoms. The standard InChI is InChI=1S/C16H25N3O2/c1-18(2)16(9-6-10-16)11-19(3)13-8-5-7-12(14(13)17)15(20)21-4/h5,7-8H,6,9-11,17H2,1-4H3. The summed E-state index contributed by atoms with van der Waals surface area (Å²) in [6, 6.07) is 5.49. The Balaban J connectivity index is 2.23. The molecule has 0 unspecified atom stereocenters. The van der Waals surface area contributed by atoms with Gasteiger partial charge in [0.1, 0.15) is 0 Å². The Labute approximate surface area is 126 Å². The minimum absolute atomic E-state index is 0.211. The minimum atomic E-state index is -0.395. The molecule has 5 heteroatoms. The fourth-order valence-corrected chi connectivity index (χ4v) is 3.03. The number of carbonyl (C=O) groups excluding carboxylic acids is 1. The molecule has 2 N–H and O–H groups in total. The summed E-state index contributed by atoms with van der Waals surface area (Å²) >= 11 is 0.